The van der Waals surface area contributed by atoms with E-state index in [1.807, 2.05) is 0 Å². The molecule has 0 aliphatic carbocycles. The van der Waals surface area contributed by atoms with E-state index in [-0.39, 0.29) is 28.1 Å². The highest BCUT2D eigenvalue weighted by molar-refractivity contribution is 7.99. The van der Waals surface area contributed by atoms with Crippen LogP contribution in [0.1, 0.15) is 0 Å². The van der Waals surface area contributed by atoms with E-state index in [4.69, 9.17) is 4.74 Å². The first-order valence-electron chi connectivity index (χ1n) is 6.63. The number of hydrogen-bond donors (Lipinski definition) is 1. The second-order valence-corrected chi connectivity index (χ2v) is 7.29. The van der Waals surface area contributed by atoms with Gasteiger partial charge in [0.1, 0.15) is 0 Å². The largest absolute Gasteiger partial charge is 0.490 e. The van der Waals surface area contributed by atoms with Gasteiger partial charge in [0.2, 0.25) is 0 Å². The summed E-state index contributed by atoms with van der Waals surface area (Å²) in [7, 11) is -3.01. The molecule has 0 amide bonds. The van der Waals surface area contributed by atoms with Gasteiger partial charge in [0, 0.05) is 11.0 Å². The average molecular weight is 390 g/mol. The lowest BCUT2D eigenvalue weighted by Gasteiger charge is -2.12. The highest BCUT2D eigenvalue weighted by Crippen LogP contribution is 2.34. The van der Waals surface area contributed by atoms with Crippen LogP contribution in [0.4, 0.5) is 20.2 Å². The van der Waals surface area contributed by atoms with E-state index >= 15 is 0 Å². The first kappa shape index (κ1) is 18.9. The summed E-state index contributed by atoms with van der Waals surface area (Å²) in [5.41, 5.74) is -0.577. The fourth-order valence-electron chi connectivity index (χ4n) is 1.93. The molecule has 2 rings (SSSR count). The fourth-order valence-corrected chi connectivity index (χ4v) is 3.69. The molecule has 134 valence electrons. The van der Waals surface area contributed by atoms with Crippen molar-refractivity contribution in [2.24, 2.45) is 0 Å². The minimum absolute atomic E-state index is 0.0316. The predicted octanol–water partition coefficient (Wildman–Crippen LogP) is 3.72. The first-order valence-corrected chi connectivity index (χ1v) is 9.00. The number of nitrogens with zero attached hydrogens (tertiary/aromatic N) is 1. The third kappa shape index (κ3) is 4.57. The van der Waals surface area contributed by atoms with Crippen LogP contribution in [-0.4, -0.2) is 26.2 Å². The average Bonchev–Trinajstić information content (AvgIpc) is 2.55. The summed E-state index contributed by atoms with van der Waals surface area (Å²) in [4.78, 5) is 9.88. The minimum atomic E-state index is -4.22. The maximum absolute atomic E-state index is 12.6. The van der Waals surface area contributed by atoms with Crippen molar-refractivity contribution in [3.8, 4) is 5.75 Å². The zero-order valence-corrected chi connectivity index (χ0v) is 14.3. The Morgan fingerprint density at radius 2 is 1.92 bits per heavy atom. The Bertz CT molecular complexity index is 891. The van der Waals surface area contributed by atoms with Crippen LogP contribution in [0.5, 0.6) is 5.75 Å². The van der Waals surface area contributed by atoms with Crippen LogP contribution in [0.2, 0.25) is 0 Å². The molecular weight excluding hydrogens is 378 g/mol. The Balaban J connectivity index is 2.41. The van der Waals surface area contributed by atoms with Crippen molar-refractivity contribution >= 4 is 33.2 Å². The monoisotopic (exact) mass is 390 g/mol. The predicted molar refractivity (Wildman–Crippen MR) is 88.8 cm³/mol. The molecule has 0 aliphatic heterocycles. The zero-order chi connectivity index (χ0) is 18.6. The van der Waals surface area contributed by atoms with Gasteiger partial charge < -0.3 is 4.74 Å². The third-order valence-electron chi connectivity index (χ3n) is 3.00. The zero-order valence-electron chi connectivity index (χ0n) is 12.7. The summed E-state index contributed by atoms with van der Waals surface area (Å²) in [6.07, 6.45) is 0. The molecule has 0 unspecified atom stereocenters. The summed E-state index contributed by atoms with van der Waals surface area (Å²) in [5, 5.41) is 11.0. The first-order chi connectivity index (χ1) is 11.7. The highest BCUT2D eigenvalue weighted by Gasteiger charge is 2.23. The standard InChI is InChI=1S/C14H12F2N2O5S2/c1-23-12-7-6-9(8-11(12)18(19)20)25(21,22)17-10-4-2-3-5-13(10)24-14(15)16/h2-8,14,17H,1H3. The lowest BCUT2D eigenvalue weighted by Crippen LogP contribution is -2.14. The quantitative estimate of drug-likeness (QED) is 0.440. The number of nitro benzene ring substituents is 1. The Morgan fingerprint density at radius 3 is 2.52 bits per heavy atom. The molecule has 25 heavy (non-hydrogen) atoms. The van der Waals surface area contributed by atoms with Crippen molar-refractivity contribution in [2.75, 3.05) is 11.8 Å². The molecule has 0 atom stereocenters. The molecule has 0 heterocycles. The minimum Gasteiger partial charge on any atom is -0.490 e. The number of nitrogens with one attached hydrogen (secondary N) is 1. The Morgan fingerprint density at radius 1 is 1.24 bits per heavy atom. The Kier molecular flexibility index (Phi) is 5.80. The second-order valence-electron chi connectivity index (χ2n) is 4.57. The Labute approximate surface area is 146 Å². The highest BCUT2D eigenvalue weighted by atomic mass is 32.2. The van der Waals surface area contributed by atoms with Crippen molar-refractivity contribution < 1.29 is 26.9 Å². The van der Waals surface area contributed by atoms with E-state index in [0.717, 1.165) is 18.2 Å². The number of hydrogen-bond acceptors (Lipinski definition) is 6. The van der Waals surface area contributed by atoms with Gasteiger partial charge in [0.15, 0.2) is 5.75 Å². The van der Waals surface area contributed by atoms with E-state index in [2.05, 4.69) is 4.72 Å². The fraction of sp³-hybridized carbons (Fsp3) is 0.143. The summed E-state index contributed by atoms with van der Waals surface area (Å²) in [6, 6.07) is 8.73. The van der Waals surface area contributed by atoms with Crippen LogP contribution in [0.3, 0.4) is 0 Å². The van der Waals surface area contributed by atoms with E-state index in [9.17, 15) is 27.3 Å². The molecule has 0 aliphatic rings. The molecule has 0 saturated heterocycles. The number of rotatable bonds is 7. The molecule has 0 fully saturated rings. The number of ether oxygens (including phenoxy) is 1. The van der Waals surface area contributed by atoms with Gasteiger partial charge in [-0.15, -0.1) is 0 Å². The Hall–Kier alpha value is -2.40. The van der Waals surface area contributed by atoms with Crippen LogP contribution in [-0.2, 0) is 10.0 Å². The third-order valence-corrected chi connectivity index (χ3v) is 5.16. The van der Waals surface area contributed by atoms with Gasteiger partial charge in [0.25, 0.3) is 15.8 Å². The molecule has 7 nitrogen and oxygen atoms in total. The molecule has 0 radical (unpaired) electrons. The second kappa shape index (κ2) is 7.66. The van der Waals surface area contributed by atoms with Crippen LogP contribution >= 0.6 is 11.8 Å². The number of nitro groups is 1. The van der Waals surface area contributed by atoms with Crippen molar-refractivity contribution in [3.05, 3.63) is 52.6 Å². The van der Waals surface area contributed by atoms with E-state index in [1.54, 1.807) is 0 Å². The van der Waals surface area contributed by atoms with Gasteiger partial charge in [0.05, 0.1) is 22.6 Å². The summed E-state index contributed by atoms with van der Waals surface area (Å²) >= 11 is 0.187. The number of para-hydroxylation sites is 1. The van der Waals surface area contributed by atoms with Crippen molar-refractivity contribution in [1.82, 2.24) is 0 Å². The van der Waals surface area contributed by atoms with E-state index in [0.29, 0.717) is 0 Å². The molecule has 0 saturated carbocycles. The molecule has 0 spiro atoms. The SMILES string of the molecule is COc1ccc(S(=O)(=O)Nc2ccccc2SC(F)F)cc1[N+](=O)[O-]. The summed E-state index contributed by atoms with van der Waals surface area (Å²) in [5.74, 6) is -2.83. The van der Waals surface area contributed by atoms with Crippen molar-refractivity contribution in [3.63, 3.8) is 0 Å². The van der Waals surface area contributed by atoms with E-state index < -0.39 is 31.3 Å². The maximum Gasteiger partial charge on any atom is 0.312 e. The van der Waals surface area contributed by atoms with Gasteiger partial charge in [-0.2, -0.15) is 8.78 Å². The maximum atomic E-state index is 12.6. The molecule has 1 N–H and O–H groups in total. The van der Waals surface area contributed by atoms with Gasteiger partial charge in [-0.25, -0.2) is 8.42 Å². The number of sulfonamides is 1. The topological polar surface area (TPSA) is 98.5 Å². The van der Waals surface area contributed by atoms with Crippen LogP contribution in [0, 0.1) is 10.1 Å². The van der Waals surface area contributed by atoms with Crippen LogP contribution < -0.4 is 9.46 Å². The summed E-state index contributed by atoms with van der Waals surface area (Å²) in [6.45, 7) is 0. The number of halogens is 2. The molecule has 11 heteroatoms. The van der Waals surface area contributed by atoms with E-state index in [1.165, 1.54) is 31.4 Å². The van der Waals surface area contributed by atoms with Gasteiger partial charge in [-0.1, -0.05) is 23.9 Å². The lowest BCUT2D eigenvalue weighted by atomic mass is 10.3. The van der Waals surface area contributed by atoms with Gasteiger partial charge in [-0.05, 0) is 24.3 Å². The molecule has 0 aromatic heterocycles. The van der Waals surface area contributed by atoms with Crippen molar-refractivity contribution in [2.45, 2.75) is 15.5 Å². The summed E-state index contributed by atoms with van der Waals surface area (Å²) < 4.78 is 57.0. The lowest BCUT2D eigenvalue weighted by molar-refractivity contribution is -0.386. The smallest absolute Gasteiger partial charge is 0.312 e. The molecule has 0 bridgehead atoms. The number of anilines is 1. The van der Waals surface area contributed by atoms with Crippen molar-refractivity contribution in [1.29, 1.82) is 0 Å². The van der Waals surface area contributed by atoms with Crippen LogP contribution in [0.15, 0.2) is 52.3 Å². The van der Waals surface area contributed by atoms with Gasteiger partial charge in [-0.3, -0.25) is 14.8 Å². The number of methoxy groups -OCH3 is 1. The molecule has 2 aromatic rings. The molecular formula is C14H12F2N2O5S2. The molecule has 2 aromatic carbocycles. The number of thioether (sulfide) groups is 1. The normalized spacial score (nSPS) is 11.4. The van der Waals surface area contributed by atoms with Crippen LogP contribution in [0.25, 0.3) is 0 Å². The number of alkyl halides is 2. The number of benzene rings is 2. The van der Waals surface area contributed by atoms with Gasteiger partial charge >= 0.3 is 5.69 Å².